The number of hydrogen-bond acceptors (Lipinski definition) is 4. The lowest BCUT2D eigenvalue weighted by atomic mass is 9.92. The predicted molar refractivity (Wildman–Crippen MR) is 62.8 cm³/mol. The number of aliphatic hydroxyl groups excluding tert-OH is 1. The third kappa shape index (κ3) is 4.10. The first-order valence-electron chi connectivity index (χ1n) is 6.08. The zero-order chi connectivity index (χ0) is 12.1. The molecule has 1 fully saturated rings. The van der Waals surface area contributed by atoms with E-state index in [4.69, 9.17) is 14.9 Å². The molecule has 94 valence electrons. The third-order valence-corrected chi connectivity index (χ3v) is 3.01. The highest BCUT2D eigenvalue weighted by atomic mass is 16.6. The monoisotopic (exact) mass is 229 g/mol. The summed E-state index contributed by atoms with van der Waals surface area (Å²) in [6.45, 7) is 5.72. The fraction of sp³-hybridized carbons (Fsp3) is 0.917. The van der Waals surface area contributed by atoms with Crippen LogP contribution in [0.5, 0.6) is 0 Å². The van der Waals surface area contributed by atoms with E-state index < -0.39 is 0 Å². The molecule has 0 heterocycles. The van der Waals surface area contributed by atoms with E-state index in [0.29, 0.717) is 6.42 Å². The second-order valence-corrected chi connectivity index (χ2v) is 4.57. The minimum Gasteiger partial charge on any atom is -0.475 e. The van der Waals surface area contributed by atoms with E-state index in [-0.39, 0.29) is 30.3 Å². The number of aliphatic hydroxyl groups is 1. The van der Waals surface area contributed by atoms with Crippen molar-refractivity contribution < 1.29 is 14.6 Å². The molecule has 1 aliphatic rings. The standard InChI is InChI=1S/C12H23NO3/c1-4-8(2)15-12-7-10(14)5-6-11(12)16-9(3)13/h8,10-14H,4-7H2,1-3H3. The van der Waals surface area contributed by atoms with Crippen LogP contribution in [0.15, 0.2) is 0 Å². The maximum absolute atomic E-state index is 9.63. The average molecular weight is 229 g/mol. The average Bonchev–Trinajstić information content (AvgIpc) is 2.21. The van der Waals surface area contributed by atoms with Gasteiger partial charge in [0.15, 0.2) is 5.90 Å². The lowest BCUT2D eigenvalue weighted by molar-refractivity contribution is -0.108. The van der Waals surface area contributed by atoms with E-state index in [1.165, 1.54) is 0 Å². The SMILES string of the molecule is CCC(C)OC1CC(O)CCC1OC(C)=N. The van der Waals surface area contributed by atoms with E-state index in [0.717, 1.165) is 19.3 Å². The highest BCUT2D eigenvalue weighted by Gasteiger charge is 2.32. The van der Waals surface area contributed by atoms with Crippen LogP contribution in [0.2, 0.25) is 0 Å². The zero-order valence-electron chi connectivity index (χ0n) is 10.4. The summed E-state index contributed by atoms with van der Waals surface area (Å²) in [5.41, 5.74) is 0. The summed E-state index contributed by atoms with van der Waals surface area (Å²) < 4.78 is 11.3. The van der Waals surface area contributed by atoms with Crippen LogP contribution in [0.4, 0.5) is 0 Å². The highest BCUT2D eigenvalue weighted by Crippen LogP contribution is 2.25. The van der Waals surface area contributed by atoms with Crippen LogP contribution in [-0.4, -0.2) is 35.4 Å². The first-order chi connectivity index (χ1) is 7.52. The first-order valence-corrected chi connectivity index (χ1v) is 6.08. The molecule has 1 saturated carbocycles. The van der Waals surface area contributed by atoms with Crippen LogP contribution in [0.25, 0.3) is 0 Å². The molecule has 0 aromatic carbocycles. The van der Waals surface area contributed by atoms with Gasteiger partial charge in [-0.1, -0.05) is 6.92 Å². The van der Waals surface area contributed by atoms with Crippen LogP contribution < -0.4 is 0 Å². The molecule has 0 radical (unpaired) electrons. The smallest absolute Gasteiger partial charge is 0.177 e. The van der Waals surface area contributed by atoms with E-state index in [2.05, 4.69) is 6.92 Å². The summed E-state index contributed by atoms with van der Waals surface area (Å²) in [6, 6.07) is 0. The van der Waals surface area contributed by atoms with Gasteiger partial charge in [0.25, 0.3) is 0 Å². The fourth-order valence-corrected chi connectivity index (χ4v) is 1.98. The van der Waals surface area contributed by atoms with Gasteiger partial charge in [-0.3, -0.25) is 5.41 Å². The number of nitrogens with one attached hydrogen (secondary N) is 1. The quantitative estimate of drug-likeness (QED) is 0.573. The van der Waals surface area contributed by atoms with Crippen LogP contribution in [0, 0.1) is 5.41 Å². The Morgan fingerprint density at radius 2 is 2.12 bits per heavy atom. The summed E-state index contributed by atoms with van der Waals surface area (Å²) in [7, 11) is 0. The molecule has 0 aliphatic heterocycles. The summed E-state index contributed by atoms with van der Waals surface area (Å²) in [6.07, 6.45) is 2.78. The summed E-state index contributed by atoms with van der Waals surface area (Å²) >= 11 is 0. The molecule has 2 N–H and O–H groups in total. The molecule has 16 heavy (non-hydrogen) atoms. The van der Waals surface area contributed by atoms with E-state index in [1.54, 1.807) is 6.92 Å². The van der Waals surface area contributed by atoms with E-state index >= 15 is 0 Å². The van der Waals surface area contributed by atoms with Crippen LogP contribution in [0.3, 0.4) is 0 Å². The third-order valence-electron chi connectivity index (χ3n) is 3.01. The summed E-state index contributed by atoms with van der Waals surface area (Å²) in [5, 5.41) is 17.0. The molecule has 0 spiro atoms. The van der Waals surface area contributed by atoms with Gasteiger partial charge in [-0.05, 0) is 26.2 Å². The van der Waals surface area contributed by atoms with Gasteiger partial charge < -0.3 is 14.6 Å². The Morgan fingerprint density at radius 3 is 2.69 bits per heavy atom. The van der Waals surface area contributed by atoms with Crippen LogP contribution in [0.1, 0.15) is 46.5 Å². The molecule has 1 rings (SSSR count). The van der Waals surface area contributed by atoms with Crippen LogP contribution >= 0.6 is 0 Å². The Kier molecular flexibility index (Phi) is 5.22. The topological polar surface area (TPSA) is 62.5 Å². The van der Waals surface area contributed by atoms with Gasteiger partial charge in [-0.25, -0.2) is 0 Å². The van der Waals surface area contributed by atoms with Gasteiger partial charge in [-0.2, -0.15) is 0 Å². The van der Waals surface area contributed by atoms with Gasteiger partial charge in [0.05, 0.1) is 18.3 Å². The van der Waals surface area contributed by atoms with Crippen LogP contribution in [-0.2, 0) is 9.47 Å². The number of ether oxygens (including phenoxy) is 2. The normalized spacial score (nSPS) is 32.1. The Bertz CT molecular complexity index is 232. The van der Waals surface area contributed by atoms with Gasteiger partial charge in [0, 0.05) is 13.3 Å². The van der Waals surface area contributed by atoms with Crippen molar-refractivity contribution in [1.82, 2.24) is 0 Å². The van der Waals surface area contributed by atoms with Gasteiger partial charge in [0.1, 0.15) is 6.10 Å². The summed E-state index contributed by atoms with van der Waals surface area (Å²) in [4.78, 5) is 0. The molecule has 0 saturated heterocycles. The second-order valence-electron chi connectivity index (χ2n) is 4.57. The molecular weight excluding hydrogens is 206 g/mol. The molecule has 0 amide bonds. The predicted octanol–water partition coefficient (Wildman–Crippen LogP) is 2.10. The minimum atomic E-state index is -0.292. The van der Waals surface area contributed by atoms with E-state index in [9.17, 15) is 5.11 Å². The molecule has 1 aliphatic carbocycles. The van der Waals surface area contributed by atoms with Crippen molar-refractivity contribution in [3.8, 4) is 0 Å². The maximum atomic E-state index is 9.63. The van der Waals surface area contributed by atoms with Crippen molar-refractivity contribution in [2.24, 2.45) is 0 Å². The van der Waals surface area contributed by atoms with Crippen molar-refractivity contribution in [3.63, 3.8) is 0 Å². The first kappa shape index (κ1) is 13.5. The molecule has 0 bridgehead atoms. The second kappa shape index (κ2) is 6.21. The van der Waals surface area contributed by atoms with Crippen molar-refractivity contribution in [1.29, 1.82) is 5.41 Å². The maximum Gasteiger partial charge on any atom is 0.177 e. The minimum absolute atomic E-state index is 0.0742. The molecule has 0 aromatic heterocycles. The number of hydrogen-bond donors (Lipinski definition) is 2. The van der Waals surface area contributed by atoms with Gasteiger partial charge >= 0.3 is 0 Å². The van der Waals surface area contributed by atoms with Crippen molar-refractivity contribution >= 4 is 5.90 Å². The Balaban J connectivity index is 2.54. The Hall–Kier alpha value is -0.610. The number of rotatable bonds is 4. The summed E-state index contributed by atoms with van der Waals surface area (Å²) in [5.74, 6) is 0.221. The zero-order valence-corrected chi connectivity index (χ0v) is 10.4. The van der Waals surface area contributed by atoms with Crippen molar-refractivity contribution in [2.75, 3.05) is 0 Å². The Labute approximate surface area is 97.5 Å². The lowest BCUT2D eigenvalue weighted by Gasteiger charge is -2.35. The fourth-order valence-electron chi connectivity index (χ4n) is 1.98. The lowest BCUT2D eigenvalue weighted by Crippen LogP contribution is -2.42. The van der Waals surface area contributed by atoms with Crippen molar-refractivity contribution in [2.45, 2.75) is 70.9 Å². The van der Waals surface area contributed by atoms with Crippen molar-refractivity contribution in [3.05, 3.63) is 0 Å². The highest BCUT2D eigenvalue weighted by molar-refractivity contribution is 5.69. The Morgan fingerprint density at radius 1 is 1.44 bits per heavy atom. The molecular formula is C12H23NO3. The van der Waals surface area contributed by atoms with Gasteiger partial charge in [0.2, 0.25) is 0 Å². The largest absolute Gasteiger partial charge is 0.475 e. The molecule has 0 aromatic rings. The molecule has 4 nitrogen and oxygen atoms in total. The van der Waals surface area contributed by atoms with Gasteiger partial charge in [-0.15, -0.1) is 0 Å². The molecule has 4 heteroatoms. The molecule has 4 atom stereocenters. The molecule has 4 unspecified atom stereocenters. The van der Waals surface area contributed by atoms with E-state index in [1.807, 2.05) is 6.92 Å².